The van der Waals surface area contributed by atoms with E-state index in [1.807, 2.05) is 45.0 Å². The first-order chi connectivity index (χ1) is 10.5. The summed E-state index contributed by atoms with van der Waals surface area (Å²) in [5, 5.41) is 0. The molecule has 0 aliphatic carbocycles. The summed E-state index contributed by atoms with van der Waals surface area (Å²) in [5.74, 6) is -0.300. The highest BCUT2D eigenvalue weighted by molar-refractivity contribution is 9.10. The van der Waals surface area contributed by atoms with Crippen molar-refractivity contribution in [3.05, 3.63) is 34.3 Å². The van der Waals surface area contributed by atoms with Gasteiger partial charge in [-0.3, -0.25) is 9.69 Å². The largest absolute Gasteiger partial charge is 0.435 e. The van der Waals surface area contributed by atoms with E-state index in [0.717, 1.165) is 22.9 Å². The minimum atomic E-state index is -0.614. The molecule has 1 aromatic carbocycles. The third kappa shape index (κ3) is 3.51. The van der Waals surface area contributed by atoms with Crippen molar-refractivity contribution in [2.45, 2.75) is 52.3 Å². The van der Waals surface area contributed by atoms with Crippen LogP contribution in [0.2, 0.25) is 0 Å². The number of unbranched alkanes of at least 4 members (excludes halogenated alkanes) is 1. The second-order valence-electron chi connectivity index (χ2n) is 5.93. The highest BCUT2D eigenvalue weighted by atomic mass is 79.9. The topological polar surface area (TPSA) is 46.6 Å². The number of halogens is 1. The summed E-state index contributed by atoms with van der Waals surface area (Å²) in [7, 11) is 0. The van der Waals surface area contributed by atoms with Gasteiger partial charge < -0.3 is 4.74 Å². The second kappa shape index (κ2) is 7.27. The molecule has 0 aromatic heterocycles. The minimum absolute atomic E-state index is 0.0145. The molecule has 2 rings (SSSR count). The molecule has 0 N–H and O–H groups in total. The molecule has 0 radical (unpaired) electrons. The minimum Gasteiger partial charge on any atom is -0.435 e. The van der Waals surface area contributed by atoms with E-state index in [4.69, 9.17) is 4.74 Å². The number of carbonyl (C=O) groups excluding carboxylic acids is 2. The van der Waals surface area contributed by atoms with E-state index in [1.165, 1.54) is 0 Å². The zero-order valence-electron chi connectivity index (χ0n) is 13.2. The molecular weight excluding hydrogens is 346 g/mol. The summed E-state index contributed by atoms with van der Waals surface area (Å²) < 4.78 is 6.47. The number of ether oxygens (including phenoxy) is 1. The first kappa shape index (κ1) is 17.0. The molecule has 22 heavy (non-hydrogen) atoms. The Balaban J connectivity index is 2.32. The molecule has 5 heteroatoms. The van der Waals surface area contributed by atoms with E-state index in [-0.39, 0.29) is 17.8 Å². The molecule has 1 aliphatic rings. The van der Waals surface area contributed by atoms with Crippen molar-refractivity contribution in [2.75, 3.05) is 0 Å². The Bertz CT molecular complexity index is 541. The van der Waals surface area contributed by atoms with E-state index in [9.17, 15) is 9.59 Å². The quantitative estimate of drug-likeness (QED) is 0.737. The number of cyclic esters (lactones) is 1. The number of hydrogen-bond donors (Lipinski definition) is 0. The van der Waals surface area contributed by atoms with Crippen LogP contribution in [-0.4, -0.2) is 22.8 Å². The standard InChI is InChI=1S/C17H22BrNO3/c1-4-5-6-14(20)19-15(11(2)3)17(21)22-16(19)12-7-9-13(18)10-8-12/h7-11,15-16H,4-6H2,1-3H3/t15-,16?/m0/s1. The summed E-state index contributed by atoms with van der Waals surface area (Å²) in [4.78, 5) is 26.5. The molecule has 1 heterocycles. The Labute approximate surface area is 140 Å². The third-order valence-electron chi connectivity index (χ3n) is 3.84. The number of esters is 1. The maximum absolute atomic E-state index is 12.6. The Hall–Kier alpha value is -1.36. The fourth-order valence-corrected chi connectivity index (χ4v) is 2.95. The van der Waals surface area contributed by atoms with Crippen LogP contribution in [0.25, 0.3) is 0 Å². The number of rotatable bonds is 5. The lowest BCUT2D eigenvalue weighted by Crippen LogP contribution is -2.42. The van der Waals surface area contributed by atoms with Crippen molar-refractivity contribution in [2.24, 2.45) is 5.92 Å². The molecular formula is C17H22BrNO3. The molecule has 1 fully saturated rings. The number of hydrogen-bond acceptors (Lipinski definition) is 3. The van der Waals surface area contributed by atoms with Gasteiger partial charge >= 0.3 is 5.97 Å². The Morgan fingerprint density at radius 1 is 1.32 bits per heavy atom. The lowest BCUT2D eigenvalue weighted by Gasteiger charge is -2.28. The van der Waals surface area contributed by atoms with Crippen LogP contribution in [0, 0.1) is 5.92 Å². The van der Waals surface area contributed by atoms with Crippen LogP contribution in [0.15, 0.2) is 28.7 Å². The average molecular weight is 368 g/mol. The first-order valence-electron chi connectivity index (χ1n) is 7.72. The van der Waals surface area contributed by atoms with Gasteiger partial charge in [0.1, 0.15) is 6.04 Å². The van der Waals surface area contributed by atoms with E-state index >= 15 is 0 Å². The van der Waals surface area contributed by atoms with Crippen molar-refractivity contribution in [3.63, 3.8) is 0 Å². The molecule has 0 saturated carbocycles. The third-order valence-corrected chi connectivity index (χ3v) is 4.37. The molecule has 1 aromatic rings. The monoisotopic (exact) mass is 367 g/mol. The van der Waals surface area contributed by atoms with Gasteiger partial charge in [0.25, 0.3) is 0 Å². The predicted octanol–water partition coefficient (Wildman–Crippen LogP) is 4.05. The molecule has 1 aliphatic heterocycles. The van der Waals surface area contributed by atoms with E-state index in [1.54, 1.807) is 4.90 Å². The van der Waals surface area contributed by atoms with E-state index in [0.29, 0.717) is 6.42 Å². The number of amides is 1. The Morgan fingerprint density at radius 2 is 1.95 bits per heavy atom. The van der Waals surface area contributed by atoms with Crippen LogP contribution >= 0.6 is 15.9 Å². The van der Waals surface area contributed by atoms with Crippen LogP contribution in [0.1, 0.15) is 51.8 Å². The smallest absolute Gasteiger partial charge is 0.331 e. The summed E-state index contributed by atoms with van der Waals surface area (Å²) >= 11 is 3.39. The van der Waals surface area contributed by atoms with Gasteiger partial charge in [-0.05, 0) is 24.5 Å². The molecule has 1 saturated heterocycles. The van der Waals surface area contributed by atoms with Crippen LogP contribution in [-0.2, 0) is 14.3 Å². The molecule has 2 atom stereocenters. The van der Waals surface area contributed by atoms with Crippen molar-refractivity contribution in [1.82, 2.24) is 4.90 Å². The second-order valence-corrected chi connectivity index (χ2v) is 6.85. The van der Waals surface area contributed by atoms with E-state index in [2.05, 4.69) is 15.9 Å². The normalized spacial score (nSPS) is 21.3. The molecule has 120 valence electrons. The van der Waals surface area contributed by atoms with Crippen molar-refractivity contribution in [3.8, 4) is 0 Å². The molecule has 0 bridgehead atoms. The zero-order valence-corrected chi connectivity index (χ0v) is 14.8. The van der Waals surface area contributed by atoms with Crippen LogP contribution in [0.4, 0.5) is 0 Å². The molecule has 0 spiro atoms. The van der Waals surface area contributed by atoms with Crippen LogP contribution in [0.5, 0.6) is 0 Å². The average Bonchev–Trinajstić information content (AvgIpc) is 2.83. The molecule has 4 nitrogen and oxygen atoms in total. The Morgan fingerprint density at radius 3 is 2.50 bits per heavy atom. The SMILES string of the molecule is CCCCC(=O)N1C(c2ccc(Br)cc2)OC(=O)[C@@H]1C(C)C. The van der Waals surface area contributed by atoms with Gasteiger partial charge in [-0.25, -0.2) is 4.79 Å². The van der Waals surface area contributed by atoms with Gasteiger partial charge in [-0.2, -0.15) is 0 Å². The Kier molecular flexibility index (Phi) is 5.62. The highest BCUT2D eigenvalue weighted by Crippen LogP contribution is 2.35. The first-order valence-corrected chi connectivity index (χ1v) is 8.52. The summed E-state index contributed by atoms with van der Waals surface area (Å²) in [6.07, 6.45) is 1.60. The van der Waals surface area contributed by atoms with Gasteiger partial charge in [0, 0.05) is 16.5 Å². The van der Waals surface area contributed by atoms with Gasteiger partial charge in [0.05, 0.1) is 0 Å². The van der Waals surface area contributed by atoms with Crippen molar-refractivity contribution < 1.29 is 14.3 Å². The van der Waals surface area contributed by atoms with Crippen LogP contribution < -0.4 is 0 Å². The van der Waals surface area contributed by atoms with Gasteiger partial charge in [0.2, 0.25) is 12.1 Å². The van der Waals surface area contributed by atoms with E-state index < -0.39 is 12.3 Å². The zero-order chi connectivity index (χ0) is 16.3. The fourth-order valence-electron chi connectivity index (χ4n) is 2.69. The lowest BCUT2D eigenvalue weighted by atomic mass is 10.0. The fraction of sp³-hybridized carbons (Fsp3) is 0.529. The number of nitrogens with zero attached hydrogens (tertiary/aromatic N) is 1. The summed E-state index contributed by atoms with van der Waals surface area (Å²) in [5.41, 5.74) is 0.824. The predicted molar refractivity (Wildman–Crippen MR) is 88.0 cm³/mol. The highest BCUT2D eigenvalue weighted by Gasteiger charge is 2.46. The lowest BCUT2D eigenvalue weighted by molar-refractivity contribution is -0.144. The van der Waals surface area contributed by atoms with Gasteiger partial charge in [0.15, 0.2) is 0 Å². The van der Waals surface area contributed by atoms with Crippen molar-refractivity contribution >= 4 is 27.8 Å². The number of carbonyl (C=O) groups is 2. The summed E-state index contributed by atoms with van der Waals surface area (Å²) in [6.45, 7) is 5.93. The summed E-state index contributed by atoms with van der Waals surface area (Å²) in [6, 6.07) is 7.04. The molecule has 1 unspecified atom stereocenters. The number of benzene rings is 1. The maximum atomic E-state index is 12.6. The van der Waals surface area contributed by atoms with Gasteiger partial charge in [-0.1, -0.05) is 55.3 Å². The van der Waals surface area contributed by atoms with Crippen LogP contribution in [0.3, 0.4) is 0 Å². The van der Waals surface area contributed by atoms with Crippen molar-refractivity contribution in [1.29, 1.82) is 0 Å². The van der Waals surface area contributed by atoms with Gasteiger partial charge in [-0.15, -0.1) is 0 Å². The maximum Gasteiger partial charge on any atom is 0.331 e. The molecule has 1 amide bonds.